The lowest BCUT2D eigenvalue weighted by molar-refractivity contribution is -0.138. The number of hydrogen-bond acceptors (Lipinski definition) is 6. The first-order valence-corrected chi connectivity index (χ1v) is 22.4. The van der Waals surface area contributed by atoms with Crippen LogP contribution in [0.1, 0.15) is 147 Å². The molecule has 352 valence electrons. The molecule has 0 unspecified atom stereocenters. The Labute approximate surface area is 381 Å². The van der Waals surface area contributed by atoms with Crippen LogP contribution in [0, 0.1) is 22.7 Å². The number of fused-ring (bicyclic) bond motifs is 2. The van der Waals surface area contributed by atoms with Gasteiger partial charge in [-0.2, -0.15) is 26.3 Å². The molecule has 6 aromatic rings. The second kappa shape index (κ2) is 18.6. The van der Waals surface area contributed by atoms with Crippen LogP contribution in [0.4, 0.5) is 26.3 Å². The fourth-order valence-corrected chi connectivity index (χ4v) is 10.8. The van der Waals surface area contributed by atoms with Crippen LogP contribution in [0.3, 0.4) is 0 Å². The molecule has 0 bridgehead atoms. The van der Waals surface area contributed by atoms with Crippen molar-refractivity contribution >= 4 is 34.0 Å². The lowest BCUT2D eigenvalue weighted by atomic mass is 9.70. The number of rotatable bonds is 8. The molecule has 2 saturated carbocycles. The Hall–Kier alpha value is -5.66. The average Bonchev–Trinajstić information content (AvgIpc) is 3.78. The molecular weight excluding hydrogens is 859 g/mol. The highest BCUT2D eigenvalue weighted by atomic mass is 19.4. The Balaban J connectivity index is 0.000000196. The number of benzene rings is 4. The van der Waals surface area contributed by atoms with E-state index in [0.717, 1.165) is 96.6 Å². The zero-order valence-electron chi connectivity index (χ0n) is 38.7. The van der Waals surface area contributed by atoms with Crippen LogP contribution in [0.25, 0.3) is 22.1 Å². The van der Waals surface area contributed by atoms with Crippen molar-refractivity contribution in [1.82, 2.24) is 19.1 Å². The molecule has 4 atom stereocenters. The molecule has 0 amide bonds. The van der Waals surface area contributed by atoms with Crippen molar-refractivity contribution in [3.63, 3.8) is 0 Å². The van der Waals surface area contributed by atoms with E-state index in [-0.39, 0.29) is 22.9 Å². The van der Waals surface area contributed by atoms with E-state index in [1.54, 1.807) is 24.3 Å². The van der Waals surface area contributed by atoms with Gasteiger partial charge in [-0.15, -0.1) is 0 Å². The van der Waals surface area contributed by atoms with E-state index in [0.29, 0.717) is 46.8 Å². The van der Waals surface area contributed by atoms with Gasteiger partial charge in [0.05, 0.1) is 58.5 Å². The van der Waals surface area contributed by atoms with Gasteiger partial charge in [-0.25, -0.2) is 19.6 Å². The summed E-state index contributed by atoms with van der Waals surface area (Å²) in [6, 6.07) is 21.7. The number of carbonyl (C=O) groups excluding carboxylic acids is 2. The van der Waals surface area contributed by atoms with Crippen LogP contribution in [0.15, 0.2) is 84.9 Å². The third-order valence-corrected chi connectivity index (χ3v) is 13.1. The van der Waals surface area contributed by atoms with Crippen LogP contribution < -0.4 is 0 Å². The number of halogens is 6. The van der Waals surface area contributed by atoms with E-state index in [1.165, 1.54) is 38.5 Å². The smallest absolute Gasteiger partial charge is 0.416 e. The highest BCUT2D eigenvalue weighted by Gasteiger charge is 2.37. The van der Waals surface area contributed by atoms with Gasteiger partial charge in [0.15, 0.2) is 0 Å². The summed E-state index contributed by atoms with van der Waals surface area (Å²) in [7, 11) is 2.68. The number of alkyl halides is 6. The van der Waals surface area contributed by atoms with Gasteiger partial charge in [-0.1, -0.05) is 65.8 Å². The molecule has 0 aliphatic heterocycles. The van der Waals surface area contributed by atoms with Gasteiger partial charge in [0.2, 0.25) is 0 Å². The van der Waals surface area contributed by atoms with Gasteiger partial charge in [-0.05, 0) is 133 Å². The first-order valence-electron chi connectivity index (χ1n) is 22.4. The minimum atomic E-state index is -4.36. The molecule has 2 aliphatic rings. The molecule has 0 radical (unpaired) electrons. The summed E-state index contributed by atoms with van der Waals surface area (Å²) in [6.07, 6.45) is -1.62. The van der Waals surface area contributed by atoms with Crippen LogP contribution in [0.5, 0.6) is 0 Å². The predicted octanol–water partition coefficient (Wildman–Crippen LogP) is 13.6. The van der Waals surface area contributed by atoms with Crippen molar-refractivity contribution in [3.8, 4) is 0 Å². The van der Waals surface area contributed by atoms with Crippen molar-refractivity contribution in [2.75, 3.05) is 14.2 Å². The van der Waals surface area contributed by atoms with Crippen LogP contribution in [-0.2, 0) is 34.7 Å². The first kappa shape index (κ1) is 48.3. The van der Waals surface area contributed by atoms with Gasteiger partial charge in [0, 0.05) is 24.9 Å². The van der Waals surface area contributed by atoms with Crippen molar-refractivity contribution in [2.45, 2.75) is 117 Å². The number of hydrogen-bond donors (Lipinski definition) is 0. The Kier molecular flexibility index (Phi) is 13.6. The normalized spacial score (nSPS) is 20.7. The standard InChI is InChI=1S/2C26H29F3N2O2/c2*1-16-11-20(15-25(2,3)14-16)31-22-10-7-18(24(32)33-4)13-21(22)30-23(31)12-17-5-8-19(9-6-17)26(27,28)29/h2*5-10,13,16,20H,11-12,14-15H2,1-4H3/t2*16-,20+/m10/s1. The molecule has 8 rings (SSSR count). The molecule has 2 fully saturated rings. The zero-order valence-corrected chi connectivity index (χ0v) is 38.7. The number of esters is 2. The molecule has 0 saturated heterocycles. The summed E-state index contributed by atoms with van der Waals surface area (Å²) in [5.74, 6) is 1.82. The van der Waals surface area contributed by atoms with E-state index in [9.17, 15) is 35.9 Å². The van der Waals surface area contributed by atoms with Crippen LogP contribution in [-0.4, -0.2) is 45.3 Å². The summed E-state index contributed by atoms with van der Waals surface area (Å²) in [4.78, 5) is 33.7. The molecular formula is C52H58F6N4O4. The van der Waals surface area contributed by atoms with E-state index >= 15 is 0 Å². The minimum Gasteiger partial charge on any atom is -0.465 e. The number of carbonyl (C=O) groups is 2. The molecule has 2 aliphatic carbocycles. The second-order valence-electron chi connectivity index (χ2n) is 20.1. The molecule has 2 aromatic heterocycles. The maximum atomic E-state index is 13.0. The first-order chi connectivity index (χ1) is 30.9. The number of methoxy groups -OCH3 is 2. The third-order valence-electron chi connectivity index (χ3n) is 13.1. The Morgan fingerprint density at radius 2 is 0.924 bits per heavy atom. The van der Waals surface area contributed by atoms with Gasteiger partial charge >= 0.3 is 24.3 Å². The number of ether oxygens (including phenoxy) is 2. The largest absolute Gasteiger partial charge is 0.465 e. The van der Waals surface area contributed by atoms with E-state index in [1.807, 2.05) is 12.1 Å². The quantitative estimate of drug-likeness (QED) is 0.112. The molecule has 66 heavy (non-hydrogen) atoms. The summed E-state index contributed by atoms with van der Waals surface area (Å²) >= 11 is 0. The van der Waals surface area contributed by atoms with Gasteiger partial charge in [-0.3, -0.25) is 0 Å². The molecule has 0 N–H and O–H groups in total. The maximum Gasteiger partial charge on any atom is 0.416 e. The Morgan fingerprint density at radius 1 is 0.576 bits per heavy atom. The fourth-order valence-electron chi connectivity index (χ4n) is 10.8. The average molecular weight is 917 g/mol. The van der Waals surface area contributed by atoms with Gasteiger partial charge < -0.3 is 18.6 Å². The van der Waals surface area contributed by atoms with E-state index in [2.05, 4.69) is 50.7 Å². The molecule has 8 nitrogen and oxygen atoms in total. The van der Waals surface area contributed by atoms with Gasteiger partial charge in [0.1, 0.15) is 11.6 Å². The van der Waals surface area contributed by atoms with Gasteiger partial charge in [0.25, 0.3) is 0 Å². The number of aromatic nitrogens is 4. The molecule has 14 heteroatoms. The van der Waals surface area contributed by atoms with E-state index < -0.39 is 35.4 Å². The second-order valence-corrected chi connectivity index (χ2v) is 20.1. The zero-order chi connectivity index (χ0) is 47.9. The lowest BCUT2D eigenvalue weighted by Crippen LogP contribution is -2.30. The summed E-state index contributed by atoms with van der Waals surface area (Å²) < 4.78 is 92.1. The topological polar surface area (TPSA) is 88.2 Å². The summed E-state index contributed by atoms with van der Waals surface area (Å²) in [6.45, 7) is 13.6. The van der Waals surface area contributed by atoms with Crippen molar-refractivity contribution in [3.05, 3.63) is 130 Å². The van der Waals surface area contributed by atoms with Crippen molar-refractivity contribution in [2.24, 2.45) is 22.7 Å². The molecule has 2 heterocycles. The maximum absolute atomic E-state index is 13.0. The highest BCUT2D eigenvalue weighted by Crippen LogP contribution is 2.47. The Bertz CT molecular complexity index is 2510. The predicted molar refractivity (Wildman–Crippen MR) is 242 cm³/mol. The van der Waals surface area contributed by atoms with Crippen LogP contribution >= 0.6 is 0 Å². The fraction of sp³-hybridized carbons (Fsp3) is 0.462. The lowest BCUT2D eigenvalue weighted by Gasteiger charge is -2.40. The highest BCUT2D eigenvalue weighted by molar-refractivity contribution is 5.94. The SMILES string of the molecule is COC(=O)c1ccc2c(c1)nc(Cc1ccc(C(F)(F)F)cc1)n2[C@@H]1C[C@H](C)CC(C)(C)C1.COC(=O)c1ccc2c(c1)nc(Cc1ccc(C(F)(F)F)cc1)n2[C@H]1C[C@@H](C)CC(C)(C)C1. The molecule has 0 spiro atoms. The number of imidazole rings is 2. The Morgan fingerprint density at radius 3 is 1.23 bits per heavy atom. The summed E-state index contributed by atoms with van der Waals surface area (Å²) in [5, 5.41) is 0. The van der Waals surface area contributed by atoms with E-state index in [4.69, 9.17) is 19.4 Å². The molecule has 4 aromatic carbocycles. The minimum absolute atomic E-state index is 0.177. The van der Waals surface area contributed by atoms with Crippen molar-refractivity contribution < 1.29 is 45.4 Å². The number of nitrogens with zero attached hydrogens (tertiary/aromatic N) is 4. The third kappa shape index (κ3) is 11.0. The van der Waals surface area contributed by atoms with Crippen LogP contribution in [0.2, 0.25) is 0 Å². The summed E-state index contributed by atoms with van der Waals surface area (Å²) in [5.41, 5.74) is 4.64. The van der Waals surface area contributed by atoms with Crippen molar-refractivity contribution in [1.29, 1.82) is 0 Å². The monoisotopic (exact) mass is 916 g/mol.